The molecule has 17 heavy (non-hydrogen) atoms. The molecule has 2 unspecified atom stereocenters. The molecule has 2 heteroatoms. The van der Waals surface area contributed by atoms with Crippen LogP contribution in [0.4, 0.5) is 0 Å². The van der Waals surface area contributed by atoms with E-state index in [2.05, 4.69) is 32.9 Å². The smallest absolute Gasteiger partial charge is 0.122 e. The van der Waals surface area contributed by atoms with Crippen molar-refractivity contribution >= 4 is 0 Å². The molecule has 0 saturated heterocycles. The van der Waals surface area contributed by atoms with Crippen molar-refractivity contribution in [2.24, 2.45) is 0 Å². The van der Waals surface area contributed by atoms with Crippen LogP contribution in [0, 0.1) is 0 Å². The predicted octanol–water partition coefficient (Wildman–Crippen LogP) is 3.52. The van der Waals surface area contributed by atoms with Gasteiger partial charge in [-0.25, -0.2) is 0 Å². The van der Waals surface area contributed by atoms with E-state index >= 15 is 0 Å². The predicted molar refractivity (Wildman–Crippen MR) is 71.5 cm³/mol. The first kappa shape index (κ1) is 14.0. The zero-order valence-corrected chi connectivity index (χ0v) is 11.5. The van der Waals surface area contributed by atoms with Gasteiger partial charge in [0.15, 0.2) is 0 Å². The summed E-state index contributed by atoms with van der Waals surface area (Å²) in [7, 11) is 0. The topological polar surface area (TPSA) is 29.5 Å². The van der Waals surface area contributed by atoms with Crippen LogP contribution < -0.4 is 4.74 Å². The number of aliphatic hydroxyl groups excluding tert-OH is 1. The van der Waals surface area contributed by atoms with Gasteiger partial charge in [-0.1, -0.05) is 39.8 Å². The van der Waals surface area contributed by atoms with Crippen LogP contribution in [0.25, 0.3) is 0 Å². The first-order chi connectivity index (χ1) is 7.84. The van der Waals surface area contributed by atoms with E-state index in [0.29, 0.717) is 6.42 Å². The number of aliphatic hydroxyl groups is 1. The van der Waals surface area contributed by atoms with Crippen molar-refractivity contribution in [1.29, 1.82) is 0 Å². The summed E-state index contributed by atoms with van der Waals surface area (Å²) in [4.78, 5) is 0. The fourth-order valence-corrected chi connectivity index (χ4v) is 1.66. The second kappa shape index (κ2) is 5.54. The lowest BCUT2D eigenvalue weighted by Gasteiger charge is -2.22. The number of rotatable bonds is 4. The van der Waals surface area contributed by atoms with E-state index in [1.54, 1.807) is 0 Å². The van der Waals surface area contributed by atoms with Crippen molar-refractivity contribution in [3.05, 3.63) is 29.8 Å². The van der Waals surface area contributed by atoms with Crippen molar-refractivity contribution in [2.45, 2.75) is 58.7 Å². The quantitative estimate of drug-likeness (QED) is 0.866. The van der Waals surface area contributed by atoms with E-state index in [-0.39, 0.29) is 11.5 Å². The summed E-state index contributed by atoms with van der Waals surface area (Å²) in [5.74, 6) is 0.831. The van der Waals surface area contributed by atoms with Gasteiger partial charge in [-0.15, -0.1) is 0 Å². The third-order valence-corrected chi connectivity index (χ3v) is 2.98. The Balaban J connectivity index is 2.79. The summed E-state index contributed by atoms with van der Waals surface area (Å²) in [5.41, 5.74) is 1.36. The molecule has 0 spiro atoms. The molecule has 2 nitrogen and oxygen atoms in total. The molecule has 1 N–H and O–H groups in total. The summed E-state index contributed by atoms with van der Waals surface area (Å²) in [6, 6.07) is 8.10. The molecule has 0 aliphatic rings. The molecule has 0 amide bonds. The Labute approximate surface area is 105 Å². The average Bonchev–Trinajstić information content (AvgIpc) is 2.27. The zero-order chi connectivity index (χ0) is 13.1. The molecule has 0 saturated carbocycles. The third-order valence-electron chi connectivity index (χ3n) is 2.98. The van der Waals surface area contributed by atoms with Crippen LogP contribution in [-0.2, 0) is 5.41 Å². The molecule has 0 aliphatic carbocycles. The van der Waals surface area contributed by atoms with Crippen LogP contribution in [-0.4, -0.2) is 17.3 Å². The maximum absolute atomic E-state index is 9.69. The Kier molecular flexibility index (Phi) is 4.58. The summed E-state index contributed by atoms with van der Waals surface area (Å²) in [6.45, 7) is 10.4. The highest BCUT2D eigenvalue weighted by Gasteiger charge is 2.16. The van der Waals surface area contributed by atoms with Crippen LogP contribution in [0.5, 0.6) is 5.75 Å². The monoisotopic (exact) mass is 236 g/mol. The molecule has 1 rings (SSSR count). The van der Waals surface area contributed by atoms with Gasteiger partial charge in [0, 0.05) is 0 Å². The normalized spacial score (nSPS) is 15.4. The molecule has 0 aromatic heterocycles. The molecule has 96 valence electrons. The van der Waals surface area contributed by atoms with Crippen molar-refractivity contribution < 1.29 is 9.84 Å². The van der Waals surface area contributed by atoms with E-state index in [4.69, 9.17) is 4.74 Å². The molecule has 0 fully saturated rings. The van der Waals surface area contributed by atoms with Gasteiger partial charge in [0.2, 0.25) is 0 Å². The molecular weight excluding hydrogens is 212 g/mol. The van der Waals surface area contributed by atoms with Gasteiger partial charge in [0.1, 0.15) is 11.9 Å². The Morgan fingerprint density at radius 1 is 1.29 bits per heavy atom. The molecule has 1 aromatic rings. The number of hydrogen-bond acceptors (Lipinski definition) is 2. The molecule has 0 aliphatic heterocycles. The minimum Gasteiger partial charge on any atom is -0.488 e. The second-order valence-corrected chi connectivity index (χ2v) is 5.58. The zero-order valence-electron chi connectivity index (χ0n) is 11.5. The lowest BCUT2D eigenvalue weighted by molar-refractivity contribution is 0.0450. The molecule has 0 bridgehead atoms. The standard InChI is InChI=1S/C15H24O2/c1-6-14(16)11(2)17-13-9-7-8-12(10-13)15(3,4)5/h7-11,14,16H,6H2,1-5H3. The van der Waals surface area contributed by atoms with Crippen molar-refractivity contribution in [3.8, 4) is 5.75 Å². The fourth-order valence-electron chi connectivity index (χ4n) is 1.66. The fraction of sp³-hybridized carbons (Fsp3) is 0.600. The van der Waals surface area contributed by atoms with Crippen molar-refractivity contribution in [1.82, 2.24) is 0 Å². The lowest BCUT2D eigenvalue weighted by atomic mass is 9.87. The molecule has 0 radical (unpaired) electrons. The van der Waals surface area contributed by atoms with E-state index < -0.39 is 6.10 Å². The maximum Gasteiger partial charge on any atom is 0.122 e. The molecule has 0 heterocycles. The summed E-state index contributed by atoms with van der Waals surface area (Å²) in [5, 5.41) is 9.69. The Morgan fingerprint density at radius 2 is 1.94 bits per heavy atom. The molecule has 1 aromatic carbocycles. The van der Waals surface area contributed by atoms with E-state index in [1.807, 2.05) is 26.0 Å². The van der Waals surface area contributed by atoms with Crippen LogP contribution in [0.2, 0.25) is 0 Å². The first-order valence-electron chi connectivity index (χ1n) is 6.30. The van der Waals surface area contributed by atoms with Gasteiger partial charge in [-0.3, -0.25) is 0 Å². The highest BCUT2D eigenvalue weighted by Crippen LogP contribution is 2.26. The van der Waals surface area contributed by atoms with Gasteiger partial charge >= 0.3 is 0 Å². The van der Waals surface area contributed by atoms with Gasteiger partial charge in [-0.2, -0.15) is 0 Å². The van der Waals surface area contributed by atoms with Gasteiger partial charge in [0.05, 0.1) is 6.10 Å². The average molecular weight is 236 g/mol. The molecular formula is C15H24O2. The first-order valence-corrected chi connectivity index (χ1v) is 6.30. The van der Waals surface area contributed by atoms with Crippen LogP contribution in [0.1, 0.15) is 46.6 Å². The van der Waals surface area contributed by atoms with Crippen molar-refractivity contribution in [2.75, 3.05) is 0 Å². The molecule has 2 atom stereocenters. The minimum atomic E-state index is -0.409. The Morgan fingerprint density at radius 3 is 2.47 bits per heavy atom. The Hall–Kier alpha value is -1.02. The Bertz CT molecular complexity index is 352. The van der Waals surface area contributed by atoms with E-state index in [1.165, 1.54) is 5.56 Å². The summed E-state index contributed by atoms with van der Waals surface area (Å²) in [6.07, 6.45) is 0.128. The van der Waals surface area contributed by atoms with Gasteiger partial charge < -0.3 is 9.84 Å². The van der Waals surface area contributed by atoms with Crippen molar-refractivity contribution in [3.63, 3.8) is 0 Å². The summed E-state index contributed by atoms with van der Waals surface area (Å²) < 4.78 is 5.75. The second-order valence-electron chi connectivity index (χ2n) is 5.58. The van der Waals surface area contributed by atoms with Crippen LogP contribution >= 0.6 is 0 Å². The SMILES string of the molecule is CCC(O)C(C)Oc1cccc(C(C)(C)C)c1. The van der Waals surface area contributed by atoms with Crippen LogP contribution in [0.15, 0.2) is 24.3 Å². The van der Waals surface area contributed by atoms with E-state index in [9.17, 15) is 5.11 Å². The number of hydrogen-bond donors (Lipinski definition) is 1. The number of benzene rings is 1. The number of ether oxygens (including phenoxy) is 1. The lowest BCUT2D eigenvalue weighted by Crippen LogP contribution is -2.28. The van der Waals surface area contributed by atoms with Gasteiger partial charge in [-0.05, 0) is 36.5 Å². The highest BCUT2D eigenvalue weighted by molar-refractivity contribution is 5.32. The van der Waals surface area contributed by atoms with E-state index in [0.717, 1.165) is 5.75 Å². The van der Waals surface area contributed by atoms with Crippen LogP contribution in [0.3, 0.4) is 0 Å². The maximum atomic E-state index is 9.69. The van der Waals surface area contributed by atoms with Gasteiger partial charge in [0.25, 0.3) is 0 Å². The highest BCUT2D eigenvalue weighted by atomic mass is 16.5. The minimum absolute atomic E-state index is 0.117. The third kappa shape index (κ3) is 4.04. The largest absolute Gasteiger partial charge is 0.488 e. The summed E-state index contributed by atoms with van der Waals surface area (Å²) >= 11 is 0.